The molecule has 2 heterocycles. The van der Waals surface area contributed by atoms with Gasteiger partial charge in [0.25, 0.3) is 0 Å². The molecule has 2 nitrogen and oxygen atoms in total. The van der Waals surface area contributed by atoms with Crippen molar-refractivity contribution in [1.29, 1.82) is 0 Å². The van der Waals surface area contributed by atoms with Crippen molar-refractivity contribution in [2.45, 2.75) is 6.92 Å². The van der Waals surface area contributed by atoms with Crippen LogP contribution in [-0.4, -0.2) is 10.2 Å². The third-order valence-electron chi connectivity index (χ3n) is 3.12. The predicted molar refractivity (Wildman–Crippen MR) is 85.4 cm³/mol. The minimum absolute atomic E-state index is 0.488. The fraction of sp³-hybridized carbons (Fsp3) is 0.0625. The highest BCUT2D eigenvalue weighted by molar-refractivity contribution is 6.69. The van der Waals surface area contributed by atoms with Gasteiger partial charge >= 0.3 is 0 Å². The van der Waals surface area contributed by atoms with E-state index >= 15 is 0 Å². The quantitative estimate of drug-likeness (QED) is 0.813. The Balaban J connectivity index is 2.19. The SMILES string of the molecule is Cc1ccc(/C(=C2\C=CC(Cl)=N2)c2ccc(Cl)[nH]2)cc1. The van der Waals surface area contributed by atoms with Gasteiger partial charge in [0.1, 0.15) is 10.3 Å². The van der Waals surface area contributed by atoms with E-state index in [1.807, 2.05) is 18.2 Å². The first-order chi connectivity index (χ1) is 9.63. The molecular formula is C16H12Cl2N2. The zero-order valence-corrected chi connectivity index (χ0v) is 12.3. The van der Waals surface area contributed by atoms with Crippen molar-refractivity contribution in [3.63, 3.8) is 0 Å². The van der Waals surface area contributed by atoms with Crippen molar-refractivity contribution in [2.75, 3.05) is 0 Å². The summed E-state index contributed by atoms with van der Waals surface area (Å²) < 4.78 is 0. The van der Waals surface area contributed by atoms with Gasteiger partial charge in [0.15, 0.2) is 0 Å². The van der Waals surface area contributed by atoms with Gasteiger partial charge in [-0.25, -0.2) is 4.99 Å². The number of aromatic nitrogens is 1. The van der Waals surface area contributed by atoms with Crippen LogP contribution in [0.15, 0.2) is 59.2 Å². The molecule has 20 heavy (non-hydrogen) atoms. The van der Waals surface area contributed by atoms with E-state index in [4.69, 9.17) is 23.2 Å². The number of hydrogen-bond acceptors (Lipinski definition) is 1. The minimum atomic E-state index is 0.488. The van der Waals surface area contributed by atoms with Gasteiger partial charge in [-0.3, -0.25) is 0 Å². The number of allylic oxidation sites excluding steroid dienone is 2. The summed E-state index contributed by atoms with van der Waals surface area (Å²) in [5, 5.41) is 1.09. The lowest BCUT2D eigenvalue weighted by Crippen LogP contribution is -1.92. The first-order valence-electron chi connectivity index (χ1n) is 6.22. The van der Waals surface area contributed by atoms with Gasteiger partial charge in [0, 0.05) is 11.3 Å². The fourth-order valence-corrected chi connectivity index (χ4v) is 2.47. The van der Waals surface area contributed by atoms with Gasteiger partial charge in [-0.2, -0.15) is 0 Å². The van der Waals surface area contributed by atoms with E-state index in [2.05, 4.69) is 41.2 Å². The smallest absolute Gasteiger partial charge is 0.129 e. The molecule has 2 aromatic rings. The lowest BCUT2D eigenvalue weighted by molar-refractivity contribution is 1.31. The van der Waals surface area contributed by atoms with Crippen molar-refractivity contribution in [2.24, 2.45) is 4.99 Å². The van der Waals surface area contributed by atoms with Crippen LogP contribution in [-0.2, 0) is 0 Å². The van der Waals surface area contributed by atoms with E-state index in [0.717, 1.165) is 22.5 Å². The van der Waals surface area contributed by atoms with E-state index < -0.39 is 0 Å². The van der Waals surface area contributed by atoms with Crippen molar-refractivity contribution in [1.82, 2.24) is 4.98 Å². The van der Waals surface area contributed by atoms with Crippen molar-refractivity contribution in [3.05, 3.63) is 76.2 Å². The molecule has 0 radical (unpaired) electrons. The summed E-state index contributed by atoms with van der Waals surface area (Å²) in [7, 11) is 0. The number of hydrogen-bond donors (Lipinski definition) is 1. The lowest BCUT2D eigenvalue weighted by atomic mass is 9.99. The molecular weight excluding hydrogens is 291 g/mol. The number of aryl methyl sites for hydroxylation is 1. The molecule has 0 aliphatic carbocycles. The summed E-state index contributed by atoms with van der Waals surface area (Å²) in [6.45, 7) is 2.06. The summed E-state index contributed by atoms with van der Waals surface area (Å²) >= 11 is 11.9. The molecule has 0 spiro atoms. The summed E-state index contributed by atoms with van der Waals surface area (Å²) in [6.07, 6.45) is 3.70. The topological polar surface area (TPSA) is 28.1 Å². The second-order valence-electron chi connectivity index (χ2n) is 4.61. The van der Waals surface area contributed by atoms with Gasteiger partial charge in [-0.05, 0) is 36.8 Å². The molecule has 1 aromatic heterocycles. The first-order valence-corrected chi connectivity index (χ1v) is 6.97. The number of aliphatic imine (C=N–C) groups is 1. The number of H-pyrrole nitrogens is 1. The number of rotatable bonds is 2. The van der Waals surface area contributed by atoms with Crippen molar-refractivity contribution >= 4 is 33.9 Å². The Kier molecular flexibility index (Phi) is 3.51. The molecule has 0 saturated heterocycles. The maximum absolute atomic E-state index is 5.99. The highest BCUT2D eigenvalue weighted by Crippen LogP contribution is 2.31. The maximum atomic E-state index is 5.99. The first kappa shape index (κ1) is 13.2. The van der Waals surface area contributed by atoms with E-state index in [1.54, 1.807) is 6.08 Å². The number of nitrogens with one attached hydrogen (secondary N) is 1. The average Bonchev–Trinajstić information content (AvgIpc) is 3.02. The van der Waals surface area contributed by atoms with Crippen LogP contribution in [0.4, 0.5) is 0 Å². The van der Waals surface area contributed by atoms with Gasteiger partial charge in [-0.15, -0.1) is 0 Å². The van der Waals surface area contributed by atoms with Gasteiger partial charge in [0.05, 0.1) is 5.70 Å². The van der Waals surface area contributed by atoms with Crippen LogP contribution in [0.3, 0.4) is 0 Å². The second-order valence-corrected chi connectivity index (χ2v) is 5.41. The van der Waals surface area contributed by atoms with E-state index in [-0.39, 0.29) is 0 Å². The van der Waals surface area contributed by atoms with E-state index in [0.29, 0.717) is 10.3 Å². The second kappa shape index (κ2) is 5.31. The van der Waals surface area contributed by atoms with Gasteiger partial charge < -0.3 is 4.98 Å². The zero-order valence-electron chi connectivity index (χ0n) is 10.8. The summed E-state index contributed by atoms with van der Waals surface area (Å²) in [5.41, 5.74) is 5.03. The number of benzene rings is 1. The third kappa shape index (κ3) is 2.58. The Bertz CT molecular complexity index is 734. The number of halogens is 2. The van der Waals surface area contributed by atoms with Crippen LogP contribution >= 0.6 is 23.2 Å². The summed E-state index contributed by atoms with van der Waals surface area (Å²) in [6, 6.07) is 12.1. The van der Waals surface area contributed by atoms with Crippen LogP contribution in [0.5, 0.6) is 0 Å². The summed E-state index contributed by atoms with van der Waals surface area (Å²) in [4.78, 5) is 7.50. The van der Waals surface area contributed by atoms with Crippen LogP contribution in [0.1, 0.15) is 16.8 Å². The van der Waals surface area contributed by atoms with Crippen LogP contribution in [0.2, 0.25) is 5.15 Å². The molecule has 1 aliphatic heterocycles. The van der Waals surface area contributed by atoms with E-state index in [9.17, 15) is 0 Å². The standard InChI is InChI=1S/C16H12Cl2N2/c1-10-2-4-11(5-3-10)16(12-6-8-14(17)19-12)13-7-9-15(18)20-13/h2-9,19H,1H3/b16-13-. The molecule has 0 amide bonds. The molecule has 1 N–H and O–H groups in total. The summed E-state index contributed by atoms with van der Waals surface area (Å²) in [5.74, 6) is 0. The van der Waals surface area contributed by atoms with Gasteiger partial charge in [0.2, 0.25) is 0 Å². The molecule has 0 bridgehead atoms. The molecule has 1 aliphatic rings. The highest BCUT2D eigenvalue weighted by atomic mass is 35.5. The molecule has 0 unspecified atom stereocenters. The third-order valence-corrected chi connectivity index (χ3v) is 3.55. The molecule has 3 rings (SSSR count). The monoisotopic (exact) mass is 302 g/mol. The Hall–Kier alpha value is -1.77. The molecule has 0 atom stereocenters. The number of nitrogens with zero attached hydrogens (tertiary/aromatic N) is 1. The molecule has 0 fully saturated rings. The van der Waals surface area contributed by atoms with Crippen LogP contribution < -0.4 is 0 Å². The van der Waals surface area contributed by atoms with E-state index in [1.165, 1.54) is 5.56 Å². The Labute approximate surface area is 127 Å². The van der Waals surface area contributed by atoms with Crippen LogP contribution in [0, 0.1) is 6.92 Å². The normalized spacial score (nSPS) is 16.4. The molecule has 4 heteroatoms. The molecule has 0 saturated carbocycles. The Morgan fingerprint density at radius 1 is 1.00 bits per heavy atom. The molecule has 1 aromatic carbocycles. The van der Waals surface area contributed by atoms with Gasteiger partial charge in [-0.1, -0.05) is 53.0 Å². The predicted octanol–water partition coefficient (Wildman–Crippen LogP) is 4.94. The maximum Gasteiger partial charge on any atom is 0.129 e. The van der Waals surface area contributed by atoms with Crippen LogP contribution in [0.25, 0.3) is 5.57 Å². The zero-order chi connectivity index (χ0) is 14.1. The minimum Gasteiger partial charge on any atom is -0.346 e. The largest absolute Gasteiger partial charge is 0.346 e. The fourth-order valence-electron chi connectivity index (χ4n) is 2.15. The lowest BCUT2D eigenvalue weighted by Gasteiger charge is -2.08. The average molecular weight is 303 g/mol. The Morgan fingerprint density at radius 2 is 1.75 bits per heavy atom. The Morgan fingerprint density at radius 3 is 2.30 bits per heavy atom. The number of aromatic amines is 1. The molecule has 100 valence electrons. The van der Waals surface area contributed by atoms with Crippen molar-refractivity contribution in [3.8, 4) is 0 Å². The van der Waals surface area contributed by atoms with Crippen molar-refractivity contribution < 1.29 is 0 Å². The highest BCUT2D eigenvalue weighted by Gasteiger charge is 2.14.